The van der Waals surface area contributed by atoms with Gasteiger partial charge < -0.3 is 15.6 Å². The number of rotatable bonds is 3. The zero-order chi connectivity index (χ0) is 16.4. The summed E-state index contributed by atoms with van der Waals surface area (Å²) in [5.74, 6) is 1.12. The lowest BCUT2D eigenvalue weighted by Gasteiger charge is -2.59. The van der Waals surface area contributed by atoms with Crippen LogP contribution >= 0.6 is 11.6 Å². The fourth-order valence-corrected chi connectivity index (χ4v) is 5.85. The van der Waals surface area contributed by atoms with Gasteiger partial charge in [-0.05, 0) is 61.8 Å². The molecule has 124 valence electrons. The van der Waals surface area contributed by atoms with Gasteiger partial charge in [-0.2, -0.15) is 0 Å². The molecule has 5 nitrogen and oxygen atoms in total. The van der Waals surface area contributed by atoms with E-state index in [1.807, 2.05) is 0 Å². The first-order valence-electron chi connectivity index (χ1n) is 8.34. The van der Waals surface area contributed by atoms with Crippen LogP contribution in [0.2, 0.25) is 5.02 Å². The smallest absolute Gasteiger partial charge is 0.268 e. The van der Waals surface area contributed by atoms with E-state index < -0.39 is 5.54 Å². The molecule has 6 heteroatoms. The van der Waals surface area contributed by atoms with E-state index in [-0.39, 0.29) is 23.7 Å². The maximum Gasteiger partial charge on any atom is 0.268 e. The summed E-state index contributed by atoms with van der Waals surface area (Å²) < 4.78 is 1.68. The molecular weight excluding hydrogens is 314 g/mol. The maximum atomic E-state index is 12.8. The third-order valence-corrected chi connectivity index (χ3v) is 6.56. The van der Waals surface area contributed by atoms with E-state index in [9.17, 15) is 9.59 Å². The van der Waals surface area contributed by atoms with Crippen LogP contribution in [0.4, 0.5) is 0 Å². The van der Waals surface area contributed by atoms with Crippen molar-refractivity contribution in [2.45, 2.75) is 37.6 Å². The van der Waals surface area contributed by atoms with Crippen molar-refractivity contribution < 1.29 is 9.59 Å². The van der Waals surface area contributed by atoms with E-state index in [4.69, 9.17) is 17.3 Å². The predicted molar refractivity (Wildman–Crippen MR) is 86.9 cm³/mol. The van der Waals surface area contributed by atoms with Crippen LogP contribution in [0.15, 0.2) is 12.3 Å². The molecule has 0 radical (unpaired) electrons. The van der Waals surface area contributed by atoms with Gasteiger partial charge in [-0.1, -0.05) is 11.6 Å². The molecule has 1 heterocycles. The highest BCUT2D eigenvalue weighted by Gasteiger charge is 2.61. The molecule has 4 bridgehead atoms. The number of amides is 2. The zero-order valence-electron chi connectivity index (χ0n) is 13.2. The molecule has 5 rings (SSSR count). The quantitative estimate of drug-likeness (QED) is 0.887. The Hall–Kier alpha value is -1.49. The van der Waals surface area contributed by atoms with Crippen molar-refractivity contribution in [3.05, 3.63) is 23.0 Å². The fraction of sp³-hybridized carbons (Fsp3) is 0.647. The highest BCUT2D eigenvalue weighted by molar-refractivity contribution is 6.31. The Kier molecular flexibility index (Phi) is 3.28. The van der Waals surface area contributed by atoms with E-state index in [0.717, 1.165) is 25.7 Å². The summed E-state index contributed by atoms with van der Waals surface area (Å²) >= 11 is 5.98. The Bertz CT molecular complexity index is 653. The average molecular weight is 336 g/mol. The molecule has 23 heavy (non-hydrogen) atoms. The second kappa shape index (κ2) is 5.00. The molecule has 1 aromatic rings. The Morgan fingerprint density at radius 2 is 1.78 bits per heavy atom. The van der Waals surface area contributed by atoms with E-state index in [1.165, 1.54) is 6.42 Å². The lowest BCUT2D eigenvalue weighted by Crippen LogP contribution is -2.71. The molecule has 0 unspecified atom stereocenters. The molecule has 0 atom stereocenters. The molecular formula is C17H22ClN3O2. The van der Waals surface area contributed by atoms with Gasteiger partial charge in [0.1, 0.15) is 11.2 Å². The molecule has 4 saturated carbocycles. The summed E-state index contributed by atoms with van der Waals surface area (Å²) in [5.41, 5.74) is 5.41. The van der Waals surface area contributed by atoms with Gasteiger partial charge in [0, 0.05) is 13.2 Å². The van der Waals surface area contributed by atoms with Crippen LogP contribution in [0.5, 0.6) is 0 Å². The van der Waals surface area contributed by atoms with Crippen molar-refractivity contribution in [1.82, 2.24) is 9.88 Å². The average Bonchev–Trinajstić information content (AvgIpc) is 2.80. The summed E-state index contributed by atoms with van der Waals surface area (Å²) in [5, 5.41) is 3.56. The van der Waals surface area contributed by atoms with Gasteiger partial charge in [0.25, 0.3) is 5.91 Å². The van der Waals surface area contributed by atoms with E-state index in [2.05, 4.69) is 5.32 Å². The number of carbonyl (C=O) groups is 2. The molecule has 4 aliphatic rings. The van der Waals surface area contributed by atoms with Gasteiger partial charge in [-0.25, -0.2) is 0 Å². The second-order valence-corrected chi connectivity index (χ2v) is 8.08. The summed E-state index contributed by atoms with van der Waals surface area (Å²) in [6.45, 7) is 0. The van der Waals surface area contributed by atoms with Crippen LogP contribution in [0.25, 0.3) is 0 Å². The van der Waals surface area contributed by atoms with Crippen molar-refractivity contribution in [2.24, 2.45) is 36.5 Å². The number of primary amides is 1. The van der Waals surface area contributed by atoms with Crippen LogP contribution in [0.3, 0.4) is 0 Å². The minimum Gasteiger partial charge on any atom is -0.368 e. The minimum absolute atomic E-state index is 0.177. The van der Waals surface area contributed by atoms with Gasteiger partial charge in [-0.15, -0.1) is 0 Å². The minimum atomic E-state index is -0.888. The van der Waals surface area contributed by atoms with Crippen molar-refractivity contribution >= 4 is 23.4 Å². The largest absolute Gasteiger partial charge is 0.368 e. The second-order valence-electron chi connectivity index (χ2n) is 7.65. The van der Waals surface area contributed by atoms with Crippen LogP contribution in [-0.4, -0.2) is 21.9 Å². The third kappa shape index (κ3) is 2.12. The number of nitrogens with two attached hydrogens (primary N) is 1. The standard InChI is InChI=1S/C17H22ClN3O2/c1-21-8-13(18)7-14(21)15(22)20-17(16(19)23)11-3-9-2-10(5-11)6-12(17)4-9/h7-12H,2-6H2,1H3,(H2,19,23)(H,20,22). The van der Waals surface area contributed by atoms with Crippen molar-refractivity contribution in [1.29, 1.82) is 0 Å². The Labute approximate surface area is 140 Å². The molecule has 0 spiro atoms. The Morgan fingerprint density at radius 1 is 1.22 bits per heavy atom. The van der Waals surface area contributed by atoms with Crippen LogP contribution < -0.4 is 11.1 Å². The van der Waals surface area contributed by atoms with Crippen molar-refractivity contribution in [3.8, 4) is 0 Å². The molecule has 4 fully saturated rings. The normalized spacial score (nSPS) is 37.8. The van der Waals surface area contributed by atoms with Gasteiger partial charge in [0.2, 0.25) is 5.91 Å². The number of hydrogen-bond acceptors (Lipinski definition) is 2. The topological polar surface area (TPSA) is 77.1 Å². The Morgan fingerprint density at radius 3 is 2.22 bits per heavy atom. The molecule has 4 aliphatic carbocycles. The summed E-state index contributed by atoms with van der Waals surface area (Å²) in [4.78, 5) is 25.2. The van der Waals surface area contributed by atoms with Crippen molar-refractivity contribution in [2.75, 3.05) is 0 Å². The molecule has 3 N–H and O–H groups in total. The summed E-state index contributed by atoms with van der Waals surface area (Å²) in [7, 11) is 1.77. The van der Waals surface area contributed by atoms with Gasteiger partial charge in [0.05, 0.1) is 5.02 Å². The lowest BCUT2D eigenvalue weighted by atomic mass is 9.48. The SMILES string of the molecule is Cn1cc(Cl)cc1C(=O)NC1(C(N)=O)C2CC3CC(C2)CC1C3. The number of halogens is 1. The molecule has 0 aromatic carbocycles. The number of nitrogens with zero attached hydrogens (tertiary/aromatic N) is 1. The maximum absolute atomic E-state index is 12.8. The van der Waals surface area contributed by atoms with Crippen LogP contribution in [-0.2, 0) is 11.8 Å². The Balaban J connectivity index is 1.68. The number of nitrogens with one attached hydrogen (secondary N) is 1. The molecule has 0 saturated heterocycles. The number of aryl methyl sites for hydroxylation is 1. The third-order valence-electron chi connectivity index (χ3n) is 6.36. The molecule has 0 aliphatic heterocycles. The number of hydrogen-bond donors (Lipinski definition) is 2. The van der Waals surface area contributed by atoms with Crippen LogP contribution in [0.1, 0.15) is 42.6 Å². The first-order valence-corrected chi connectivity index (χ1v) is 8.72. The van der Waals surface area contributed by atoms with Gasteiger partial charge in [0.15, 0.2) is 0 Å². The van der Waals surface area contributed by atoms with Gasteiger partial charge >= 0.3 is 0 Å². The van der Waals surface area contributed by atoms with E-state index >= 15 is 0 Å². The highest BCUT2D eigenvalue weighted by atomic mass is 35.5. The van der Waals surface area contributed by atoms with E-state index in [0.29, 0.717) is 22.6 Å². The summed E-state index contributed by atoms with van der Waals surface area (Å²) in [6, 6.07) is 1.63. The van der Waals surface area contributed by atoms with Crippen molar-refractivity contribution in [3.63, 3.8) is 0 Å². The lowest BCUT2D eigenvalue weighted by molar-refractivity contribution is -0.142. The van der Waals surface area contributed by atoms with E-state index in [1.54, 1.807) is 23.9 Å². The predicted octanol–water partition coefficient (Wildman–Crippen LogP) is 2.09. The van der Waals surface area contributed by atoms with Gasteiger partial charge in [-0.3, -0.25) is 9.59 Å². The number of aromatic nitrogens is 1. The number of carbonyl (C=O) groups excluding carboxylic acids is 2. The first kappa shape index (κ1) is 15.1. The summed E-state index contributed by atoms with van der Waals surface area (Å²) in [6.07, 6.45) is 6.98. The highest BCUT2D eigenvalue weighted by Crippen LogP contribution is 2.58. The molecule has 2 amide bonds. The monoisotopic (exact) mass is 335 g/mol. The first-order chi connectivity index (χ1) is 10.9. The zero-order valence-corrected chi connectivity index (χ0v) is 14.0. The van der Waals surface area contributed by atoms with Crippen LogP contribution in [0, 0.1) is 23.7 Å². The fourth-order valence-electron chi connectivity index (χ4n) is 5.60. The molecule has 1 aromatic heterocycles.